The molecule has 1 heterocycles. The molecule has 3 nitrogen and oxygen atoms in total. The summed E-state index contributed by atoms with van der Waals surface area (Å²) < 4.78 is 52.6. The average molecular weight is 352 g/mol. The molecule has 0 radical (unpaired) electrons. The highest BCUT2D eigenvalue weighted by molar-refractivity contribution is 5.99. The molecule has 0 saturated carbocycles. The van der Waals surface area contributed by atoms with Gasteiger partial charge in [0.1, 0.15) is 5.82 Å². The molecule has 2 aromatic rings. The molecule has 2 aromatic carbocycles. The van der Waals surface area contributed by atoms with Gasteiger partial charge >= 0.3 is 12.2 Å². The van der Waals surface area contributed by atoms with Crippen LogP contribution in [-0.2, 0) is 6.18 Å². The number of carbonyl (C=O) groups is 1. The number of halogens is 4. The van der Waals surface area contributed by atoms with Crippen LogP contribution in [-0.4, -0.2) is 18.6 Å². The van der Waals surface area contributed by atoms with E-state index in [0.717, 1.165) is 18.6 Å². The van der Waals surface area contributed by atoms with Gasteiger partial charge in [-0.2, -0.15) is 13.2 Å². The Morgan fingerprint density at radius 1 is 1.16 bits per heavy atom. The van der Waals surface area contributed by atoms with Gasteiger partial charge < -0.3 is 5.32 Å². The summed E-state index contributed by atoms with van der Waals surface area (Å²) in [5.74, 6) is -0.593. The van der Waals surface area contributed by atoms with Gasteiger partial charge in [-0.25, -0.2) is 9.18 Å². The summed E-state index contributed by atoms with van der Waals surface area (Å²) in [5.41, 5.74) is -0.0655. The molecule has 1 atom stereocenters. The average Bonchev–Trinajstić information content (AvgIpc) is 2.95. The van der Waals surface area contributed by atoms with Crippen molar-refractivity contribution in [1.82, 2.24) is 5.32 Å². The quantitative estimate of drug-likeness (QED) is 0.789. The maximum Gasteiger partial charge on any atom is 0.416 e. The highest BCUT2D eigenvalue weighted by Gasteiger charge is 2.32. The fourth-order valence-corrected chi connectivity index (χ4v) is 2.89. The van der Waals surface area contributed by atoms with Crippen molar-refractivity contribution in [2.24, 2.45) is 0 Å². The van der Waals surface area contributed by atoms with Crippen molar-refractivity contribution in [2.45, 2.75) is 25.6 Å². The van der Waals surface area contributed by atoms with Crippen LogP contribution in [0.2, 0.25) is 0 Å². The minimum absolute atomic E-state index is 0.0452. The summed E-state index contributed by atoms with van der Waals surface area (Å²) in [4.78, 5) is 13.6. The third-order valence-corrected chi connectivity index (χ3v) is 4.25. The predicted molar refractivity (Wildman–Crippen MR) is 86.8 cm³/mol. The third kappa shape index (κ3) is 3.31. The number of urea groups is 1. The molecule has 0 bridgehead atoms. The number of nitrogens with zero attached hydrogens (tertiary/aromatic N) is 1. The lowest BCUT2D eigenvalue weighted by Crippen LogP contribution is -2.28. The minimum atomic E-state index is -4.46. The van der Waals surface area contributed by atoms with Crippen LogP contribution in [0.3, 0.4) is 0 Å². The number of benzene rings is 2. The van der Waals surface area contributed by atoms with Gasteiger partial charge in [0.2, 0.25) is 0 Å². The molecular weight excluding hydrogens is 336 g/mol. The van der Waals surface area contributed by atoms with Gasteiger partial charge in [-0.15, -0.1) is 0 Å². The number of hydrogen-bond donors (Lipinski definition) is 1. The number of hydrogen-bond acceptors (Lipinski definition) is 1. The standard InChI is InChI=1S/C18H16F4N2O/c1-2-13-10-24(17(25)23-13)15-5-3-4-14(19)16(15)11-6-8-12(9-7-11)18(20,21)22/h3-9,13H,2,10H2,1H3,(H,23,25). The molecular formula is C18H16F4N2O. The first-order valence-electron chi connectivity index (χ1n) is 7.85. The summed E-state index contributed by atoms with van der Waals surface area (Å²) in [7, 11) is 0. The molecule has 1 unspecified atom stereocenters. The molecule has 1 aliphatic heterocycles. The molecule has 7 heteroatoms. The van der Waals surface area contributed by atoms with Gasteiger partial charge in [-0.3, -0.25) is 4.90 Å². The normalized spacial score (nSPS) is 17.7. The van der Waals surface area contributed by atoms with Crippen LogP contribution < -0.4 is 10.2 Å². The van der Waals surface area contributed by atoms with Crippen molar-refractivity contribution in [3.05, 3.63) is 53.8 Å². The zero-order valence-corrected chi connectivity index (χ0v) is 13.4. The van der Waals surface area contributed by atoms with Crippen LogP contribution in [0.25, 0.3) is 11.1 Å². The van der Waals surface area contributed by atoms with Crippen LogP contribution >= 0.6 is 0 Å². The van der Waals surface area contributed by atoms with Crippen molar-refractivity contribution in [2.75, 3.05) is 11.4 Å². The lowest BCUT2D eigenvalue weighted by Gasteiger charge is -2.20. The lowest BCUT2D eigenvalue weighted by molar-refractivity contribution is -0.137. The molecule has 3 rings (SSSR count). The Bertz CT molecular complexity index is 787. The Labute approximate surface area is 142 Å². The van der Waals surface area contributed by atoms with Crippen LogP contribution in [0, 0.1) is 5.82 Å². The number of rotatable bonds is 3. The van der Waals surface area contributed by atoms with Crippen molar-refractivity contribution < 1.29 is 22.4 Å². The summed E-state index contributed by atoms with van der Waals surface area (Å²) in [6.07, 6.45) is -3.73. The van der Waals surface area contributed by atoms with E-state index in [-0.39, 0.29) is 23.2 Å². The fourth-order valence-electron chi connectivity index (χ4n) is 2.89. The summed E-state index contributed by atoms with van der Waals surface area (Å²) in [5, 5.41) is 2.80. The third-order valence-electron chi connectivity index (χ3n) is 4.25. The van der Waals surface area contributed by atoms with Gasteiger partial charge in [0, 0.05) is 18.2 Å². The van der Waals surface area contributed by atoms with Crippen LogP contribution in [0.15, 0.2) is 42.5 Å². The van der Waals surface area contributed by atoms with Gasteiger partial charge in [-0.05, 0) is 36.2 Å². The van der Waals surface area contributed by atoms with E-state index in [1.807, 2.05) is 6.92 Å². The Morgan fingerprint density at radius 2 is 1.84 bits per heavy atom. The second kappa shape index (κ2) is 6.38. The van der Waals surface area contributed by atoms with Gasteiger partial charge in [0.25, 0.3) is 0 Å². The van der Waals surface area contributed by atoms with Gasteiger partial charge in [0.15, 0.2) is 0 Å². The molecule has 1 fully saturated rings. The molecule has 0 aromatic heterocycles. The van der Waals surface area contributed by atoms with E-state index in [2.05, 4.69) is 5.32 Å². The second-order valence-corrected chi connectivity index (χ2v) is 5.87. The first-order chi connectivity index (χ1) is 11.8. The van der Waals surface area contributed by atoms with Crippen molar-refractivity contribution in [3.63, 3.8) is 0 Å². The predicted octanol–water partition coefficient (Wildman–Crippen LogP) is 4.82. The molecule has 1 saturated heterocycles. The number of anilines is 1. The van der Waals surface area contributed by atoms with Crippen molar-refractivity contribution in [3.8, 4) is 11.1 Å². The molecule has 25 heavy (non-hydrogen) atoms. The zero-order chi connectivity index (χ0) is 18.2. The first kappa shape index (κ1) is 17.3. The molecule has 1 N–H and O–H groups in total. The summed E-state index contributed by atoms with van der Waals surface area (Å²) in [6, 6.07) is 8.16. The van der Waals surface area contributed by atoms with E-state index in [0.29, 0.717) is 12.2 Å². The van der Waals surface area contributed by atoms with Crippen LogP contribution in [0.4, 0.5) is 28.0 Å². The Kier molecular flexibility index (Phi) is 4.41. The first-order valence-corrected chi connectivity index (χ1v) is 7.85. The number of carbonyl (C=O) groups excluding carboxylic acids is 1. The summed E-state index contributed by atoms with van der Waals surface area (Å²) in [6.45, 7) is 2.31. The number of amides is 2. The molecule has 0 aliphatic carbocycles. The Balaban J connectivity index is 2.04. The lowest BCUT2D eigenvalue weighted by atomic mass is 10.0. The zero-order valence-electron chi connectivity index (χ0n) is 13.4. The second-order valence-electron chi connectivity index (χ2n) is 5.87. The van der Waals surface area contributed by atoms with Crippen LogP contribution in [0.5, 0.6) is 0 Å². The van der Waals surface area contributed by atoms with E-state index < -0.39 is 17.6 Å². The van der Waals surface area contributed by atoms with Gasteiger partial charge in [-0.1, -0.05) is 25.1 Å². The highest BCUT2D eigenvalue weighted by atomic mass is 19.4. The van der Waals surface area contributed by atoms with E-state index in [1.54, 1.807) is 6.07 Å². The number of alkyl halides is 3. The van der Waals surface area contributed by atoms with Gasteiger partial charge in [0.05, 0.1) is 11.3 Å². The topological polar surface area (TPSA) is 32.3 Å². The van der Waals surface area contributed by atoms with E-state index >= 15 is 0 Å². The van der Waals surface area contributed by atoms with Crippen LogP contribution in [0.1, 0.15) is 18.9 Å². The largest absolute Gasteiger partial charge is 0.416 e. The Hall–Kier alpha value is -2.57. The number of nitrogens with one attached hydrogen (secondary N) is 1. The molecule has 0 spiro atoms. The highest BCUT2D eigenvalue weighted by Crippen LogP contribution is 2.37. The summed E-state index contributed by atoms with van der Waals surface area (Å²) >= 11 is 0. The molecule has 132 valence electrons. The smallest absolute Gasteiger partial charge is 0.333 e. The minimum Gasteiger partial charge on any atom is -0.333 e. The van der Waals surface area contributed by atoms with Crippen molar-refractivity contribution in [1.29, 1.82) is 0 Å². The maximum absolute atomic E-state index is 14.4. The van der Waals surface area contributed by atoms with Crippen molar-refractivity contribution >= 4 is 11.7 Å². The van der Waals surface area contributed by atoms with E-state index in [1.165, 1.54) is 29.2 Å². The Morgan fingerprint density at radius 3 is 2.40 bits per heavy atom. The van der Waals surface area contributed by atoms with E-state index in [9.17, 15) is 22.4 Å². The van der Waals surface area contributed by atoms with E-state index in [4.69, 9.17) is 0 Å². The monoisotopic (exact) mass is 352 g/mol. The SMILES string of the molecule is CCC1CN(c2cccc(F)c2-c2ccc(C(F)(F)F)cc2)C(=O)N1. The molecule has 1 aliphatic rings. The maximum atomic E-state index is 14.4. The molecule has 2 amide bonds. The fraction of sp³-hybridized carbons (Fsp3) is 0.278.